The highest BCUT2D eigenvalue weighted by Crippen LogP contribution is 2.33. The molecule has 0 radical (unpaired) electrons. The van der Waals surface area contributed by atoms with E-state index in [1.54, 1.807) is 24.5 Å². The number of carbonyl (C=O) groups excluding carboxylic acids is 1. The van der Waals surface area contributed by atoms with Gasteiger partial charge in [0.15, 0.2) is 11.6 Å². The summed E-state index contributed by atoms with van der Waals surface area (Å²) in [5.74, 6) is -5.32. The Morgan fingerprint density at radius 3 is 2.48 bits per heavy atom. The van der Waals surface area contributed by atoms with E-state index < -0.39 is 40.2 Å². The number of pyridine rings is 1. The first-order chi connectivity index (χ1) is 12.9. The van der Waals surface area contributed by atoms with Gasteiger partial charge < -0.3 is 4.90 Å². The zero-order valence-corrected chi connectivity index (χ0v) is 14.1. The van der Waals surface area contributed by atoms with Crippen LogP contribution >= 0.6 is 0 Å². The number of rotatable bonds is 5. The van der Waals surface area contributed by atoms with Crippen LogP contribution in [-0.2, 0) is 11.2 Å². The van der Waals surface area contributed by atoms with E-state index in [2.05, 4.69) is 4.98 Å². The van der Waals surface area contributed by atoms with Gasteiger partial charge in [-0.2, -0.15) is 0 Å². The van der Waals surface area contributed by atoms with Crippen molar-refractivity contribution in [1.29, 1.82) is 0 Å². The van der Waals surface area contributed by atoms with E-state index in [-0.39, 0.29) is 25.1 Å². The van der Waals surface area contributed by atoms with Crippen LogP contribution in [0, 0.1) is 27.6 Å². The fraction of sp³-hybridized carbons (Fsp3) is 0.333. The summed E-state index contributed by atoms with van der Waals surface area (Å²) in [5, 5.41) is 11.5. The molecule has 1 aliphatic heterocycles. The summed E-state index contributed by atoms with van der Waals surface area (Å²) in [7, 11) is 0. The Balaban J connectivity index is 1.80. The minimum absolute atomic E-state index is 0.222. The predicted molar refractivity (Wildman–Crippen MR) is 89.0 cm³/mol. The maximum absolute atomic E-state index is 14.1. The van der Waals surface area contributed by atoms with Crippen molar-refractivity contribution in [2.75, 3.05) is 13.1 Å². The van der Waals surface area contributed by atoms with Gasteiger partial charge in [0.2, 0.25) is 11.9 Å². The Bertz CT molecular complexity index is 864. The molecule has 1 aliphatic rings. The standard InChI is InChI=1S/C18H16F3N3O3/c19-14-9-16(21)15(20)7-12(14)13-8-18(25)23(10-17(13)24(26)27)6-3-11-1-4-22-5-2-11/h1-2,4-5,7,9,13,17H,3,6,8,10H2/t13-,17+/m1/s1. The van der Waals surface area contributed by atoms with Gasteiger partial charge in [-0.1, -0.05) is 0 Å². The van der Waals surface area contributed by atoms with Gasteiger partial charge in [0, 0.05) is 41.9 Å². The number of nitro groups is 1. The molecule has 0 bridgehead atoms. The van der Waals surface area contributed by atoms with Crippen molar-refractivity contribution in [1.82, 2.24) is 9.88 Å². The SMILES string of the molecule is O=C1C[C@H](c2cc(F)c(F)cc2F)[C@@H]([N+](=O)[O-])CN1CCc1ccncc1. The quantitative estimate of drug-likeness (QED) is 0.455. The number of piperidine rings is 1. The Kier molecular flexibility index (Phi) is 5.38. The molecule has 0 spiro atoms. The summed E-state index contributed by atoms with van der Waals surface area (Å²) in [6, 6.07) is 3.20. The number of hydrogen-bond acceptors (Lipinski definition) is 4. The molecular weight excluding hydrogens is 363 g/mol. The number of aromatic nitrogens is 1. The monoisotopic (exact) mass is 379 g/mol. The first-order valence-electron chi connectivity index (χ1n) is 8.31. The molecule has 1 saturated heterocycles. The van der Waals surface area contributed by atoms with Gasteiger partial charge >= 0.3 is 0 Å². The van der Waals surface area contributed by atoms with Gasteiger partial charge in [-0.05, 0) is 30.2 Å². The molecule has 0 aliphatic carbocycles. The Labute approximate surface area is 152 Å². The molecule has 2 atom stereocenters. The predicted octanol–water partition coefficient (Wildman–Crippen LogP) is 2.70. The third-order valence-electron chi connectivity index (χ3n) is 4.75. The van der Waals surface area contributed by atoms with Gasteiger partial charge in [-0.15, -0.1) is 0 Å². The molecular formula is C18H16F3N3O3. The number of likely N-dealkylation sites (tertiary alicyclic amines) is 1. The number of nitrogens with zero attached hydrogens (tertiary/aromatic N) is 3. The third-order valence-corrected chi connectivity index (χ3v) is 4.75. The van der Waals surface area contributed by atoms with E-state index in [0.717, 1.165) is 5.56 Å². The number of carbonyl (C=O) groups is 1. The van der Waals surface area contributed by atoms with Crippen LogP contribution in [-0.4, -0.2) is 39.8 Å². The van der Waals surface area contributed by atoms with Crippen molar-refractivity contribution in [2.45, 2.75) is 24.8 Å². The summed E-state index contributed by atoms with van der Waals surface area (Å²) in [4.78, 5) is 28.6. The van der Waals surface area contributed by atoms with Gasteiger partial charge in [0.25, 0.3) is 0 Å². The lowest BCUT2D eigenvalue weighted by Gasteiger charge is -2.34. The molecule has 2 heterocycles. The minimum atomic E-state index is -1.38. The van der Waals surface area contributed by atoms with Gasteiger partial charge in [0.1, 0.15) is 5.82 Å². The van der Waals surface area contributed by atoms with Gasteiger partial charge in [-0.3, -0.25) is 19.9 Å². The van der Waals surface area contributed by atoms with Crippen molar-refractivity contribution < 1.29 is 22.9 Å². The van der Waals surface area contributed by atoms with E-state index in [0.29, 0.717) is 18.6 Å². The summed E-state index contributed by atoms with van der Waals surface area (Å²) in [6.07, 6.45) is 3.36. The molecule has 0 unspecified atom stereocenters. The van der Waals surface area contributed by atoms with E-state index in [1.807, 2.05) is 0 Å². The van der Waals surface area contributed by atoms with E-state index in [4.69, 9.17) is 0 Å². The van der Waals surface area contributed by atoms with Crippen LogP contribution < -0.4 is 0 Å². The topological polar surface area (TPSA) is 76.3 Å². The highest BCUT2D eigenvalue weighted by atomic mass is 19.2. The molecule has 27 heavy (non-hydrogen) atoms. The summed E-state index contributed by atoms with van der Waals surface area (Å²) in [5.41, 5.74) is 0.571. The normalized spacial score (nSPS) is 20.0. The second-order valence-electron chi connectivity index (χ2n) is 6.40. The zero-order valence-electron chi connectivity index (χ0n) is 14.1. The van der Waals surface area contributed by atoms with Crippen molar-refractivity contribution in [3.05, 3.63) is 75.4 Å². The third kappa shape index (κ3) is 4.07. The van der Waals surface area contributed by atoms with Gasteiger partial charge in [0.05, 0.1) is 12.5 Å². The average Bonchev–Trinajstić information content (AvgIpc) is 2.64. The number of amides is 1. The molecule has 0 N–H and O–H groups in total. The molecule has 142 valence electrons. The molecule has 1 fully saturated rings. The first kappa shape index (κ1) is 18.8. The van der Waals surface area contributed by atoms with Crippen LogP contribution in [0.1, 0.15) is 23.5 Å². The molecule has 1 aromatic carbocycles. The number of hydrogen-bond donors (Lipinski definition) is 0. The highest BCUT2D eigenvalue weighted by molar-refractivity contribution is 5.78. The van der Waals surface area contributed by atoms with E-state index >= 15 is 0 Å². The van der Waals surface area contributed by atoms with Crippen molar-refractivity contribution in [2.24, 2.45) is 0 Å². The lowest BCUT2D eigenvalue weighted by molar-refractivity contribution is -0.528. The Hall–Kier alpha value is -2.97. The molecule has 0 saturated carbocycles. The fourth-order valence-corrected chi connectivity index (χ4v) is 3.29. The summed E-state index contributed by atoms with van der Waals surface area (Å²) >= 11 is 0. The van der Waals surface area contributed by atoms with Crippen LogP contribution in [0.2, 0.25) is 0 Å². The second-order valence-corrected chi connectivity index (χ2v) is 6.40. The molecule has 2 aromatic rings. The van der Waals surface area contributed by atoms with E-state index in [9.17, 15) is 28.1 Å². The average molecular weight is 379 g/mol. The van der Waals surface area contributed by atoms with Crippen molar-refractivity contribution in [3.8, 4) is 0 Å². The molecule has 1 aromatic heterocycles. The maximum Gasteiger partial charge on any atom is 0.237 e. The molecule has 9 heteroatoms. The van der Waals surface area contributed by atoms with Crippen molar-refractivity contribution in [3.63, 3.8) is 0 Å². The molecule has 1 amide bonds. The fourth-order valence-electron chi connectivity index (χ4n) is 3.29. The number of halogens is 3. The van der Waals surface area contributed by atoms with Crippen LogP contribution in [0.5, 0.6) is 0 Å². The van der Waals surface area contributed by atoms with Crippen molar-refractivity contribution >= 4 is 5.91 Å². The highest BCUT2D eigenvalue weighted by Gasteiger charge is 2.43. The Morgan fingerprint density at radius 1 is 1.15 bits per heavy atom. The maximum atomic E-state index is 14.1. The Morgan fingerprint density at radius 2 is 1.81 bits per heavy atom. The largest absolute Gasteiger partial charge is 0.335 e. The summed E-state index contributed by atoms with van der Waals surface area (Å²) in [6.45, 7) is 0.0419. The van der Waals surface area contributed by atoms with Crippen LogP contribution in [0.3, 0.4) is 0 Å². The first-order valence-corrected chi connectivity index (χ1v) is 8.31. The number of benzene rings is 1. The zero-order chi connectivity index (χ0) is 19.6. The lowest BCUT2D eigenvalue weighted by atomic mass is 9.84. The van der Waals surface area contributed by atoms with Gasteiger partial charge in [-0.25, -0.2) is 13.2 Å². The lowest BCUT2D eigenvalue weighted by Crippen LogP contribution is -2.50. The van der Waals surface area contributed by atoms with Crippen LogP contribution in [0.15, 0.2) is 36.7 Å². The van der Waals surface area contributed by atoms with Crippen LogP contribution in [0.25, 0.3) is 0 Å². The molecule has 6 nitrogen and oxygen atoms in total. The molecule has 3 rings (SSSR count). The smallest absolute Gasteiger partial charge is 0.237 e. The summed E-state index contributed by atoms with van der Waals surface area (Å²) < 4.78 is 40.8. The van der Waals surface area contributed by atoms with E-state index in [1.165, 1.54) is 4.90 Å². The minimum Gasteiger partial charge on any atom is -0.335 e. The second kappa shape index (κ2) is 7.73. The van der Waals surface area contributed by atoms with Crippen LogP contribution in [0.4, 0.5) is 13.2 Å².